The molecule has 1 aromatic carbocycles. The molecule has 1 aliphatic rings. The van der Waals surface area contributed by atoms with Crippen molar-refractivity contribution in [2.45, 2.75) is 19.4 Å². The van der Waals surface area contributed by atoms with Gasteiger partial charge in [-0.3, -0.25) is 0 Å². The van der Waals surface area contributed by atoms with Gasteiger partial charge in [0, 0.05) is 19.6 Å². The predicted molar refractivity (Wildman–Crippen MR) is 58.6 cm³/mol. The molecule has 0 saturated heterocycles. The predicted octanol–water partition coefficient (Wildman–Crippen LogP) is 1.59. The Morgan fingerprint density at radius 2 is 2.27 bits per heavy atom. The van der Waals surface area contributed by atoms with E-state index in [2.05, 4.69) is 27.8 Å². The summed E-state index contributed by atoms with van der Waals surface area (Å²) in [6.07, 6.45) is 1.97. The number of imidazole rings is 1. The number of benzene rings is 1. The zero-order chi connectivity index (χ0) is 10.3. The summed E-state index contributed by atoms with van der Waals surface area (Å²) < 4.78 is 2.28. The molecular weight excluding hydrogens is 188 g/mol. The maximum Gasteiger partial charge on any atom is 0.110 e. The van der Waals surface area contributed by atoms with Crippen molar-refractivity contribution < 1.29 is 5.11 Å². The molecule has 2 aromatic rings. The van der Waals surface area contributed by atoms with E-state index >= 15 is 0 Å². The molecule has 0 fully saturated rings. The highest BCUT2D eigenvalue weighted by Crippen LogP contribution is 2.24. The van der Waals surface area contributed by atoms with Gasteiger partial charge in [0.05, 0.1) is 11.0 Å². The smallest absolute Gasteiger partial charge is 0.110 e. The largest absolute Gasteiger partial charge is 0.396 e. The number of nitrogens with zero attached hydrogens (tertiary/aromatic N) is 2. The lowest BCUT2D eigenvalue weighted by atomic mass is 9.99. The van der Waals surface area contributed by atoms with Crippen molar-refractivity contribution in [3.05, 3.63) is 30.1 Å². The molecule has 15 heavy (non-hydrogen) atoms. The number of aryl methyl sites for hydroxylation is 1. The van der Waals surface area contributed by atoms with Crippen molar-refractivity contribution in [2.75, 3.05) is 6.61 Å². The van der Waals surface area contributed by atoms with Gasteiger partial charge in [-0.2, -0.15) is 0 Å². The summed E-state index contributed by atoms with van der Waals surface area (Å²) in [4.78, 5) is 4.60. The van der Waals surface area contributed by atoms with Crippen molar-refractivity contribution in [3.8, 4) is 0 Å². The summed E-state index contributed by atoms with van der Waals surface area (Å²) in [5, 5.41) is 9.15. The number of hydrogen-bond acceptors (Lipinski definition) is 2. The van der Waals surface area contributed by atoms with Crippen LogP contribution in [-0.2, 0) is 13.0 Å². The monoisotopic (exact) mass is 202 g/mol. The first kappa shape index (κ1) is 8.92. The third-order valence-corrected chi connectivity index (χ3v) is 3.22. The fraction of sp³-hybridized carbons (Fsp3) is 0.417. The van der Waals surface area contributed by atoms with Gasteiger partial charge in [-0.05, 0) is 24.5 Å². The maximum atomic E-state index is 9.15. The zero-order valence-corrected chi connectivity index (χ0v) is 8.56. The van der Waals surface area contributed by atoms with Crippen LogP contribution >= 0.6 is 0 Å². The van der Waals surface area contributed by atoms with Crippen molar-refractivity contribution in [3.63, 3.8) is 0 Å². The second kappa shape index (κ2) is 3.35. The van der Waals surface area contributed by atoms with Gasteiger partial charge in [0.1, 0.15) is 5.82 Å². The standard InChI is InChI=1S/C12H14N2O/c15-8-9-5-6-14-11-4-2-1-3-10(11)13-12(14)7-9/h1-4,9,15H,5-8H2/t9-/m0/s1. The first-order valence-electron chi connectivity index (χ1n) is 5.43. The van der Waals surface area contributed by atoms with Gasteiger partial charge in [-0.25, -0.2) is 4.98 Å². The Labute approximate surface area is 88.4 Å². The molecule has 78 valence electrons. The number of hydrogen-bond donors (Lipinski definition) is 1. The average molecular weight is 202 g/mol. The van der Waals surface area contributed by atoms with Crippen LogP contribution in [0.5, 0.6) is 0 Å². The Morgan fingerprint density at radius 3 is 3.13 bits per heavy atom. The molecule has 0 saturated carbocycles. The van der Waals surface area contributed by atoms with E-state index in [9.17, 15) is 0 Å². The summed E-state index contributed by atoms with van der Waals surface area (Å²) in [6.45, 7) is 1.27. The minimum absolute atomic E-state index is 0.281. The first-order chi connectivity index (χ1) is 7.38. The van der Waals surface area contributed by atoms with Crippen molar-refractivity contribution in [2.24, 2.45) is 5.92 Å². The Hall–Kier alpha value is -1.35. The van der Waals surface area contributed by atoms with Crippen molar-refractivity contribution in [1.82, 2.24) is 9.55 Å². The molecule has 3 nitrogen and oxygen atoms in total. The van der Waals surface area contributed by atoms with Crippen LogP contribution in [0.2, 0.25) is 0 Å². The summed E-state index contributed by atoms with van der Waals surface area (Å²) in [6, 6.07) is 8.24. The highest BCUT2D eigenvalue weighted by molar-refractivity contribution is 5.75. The highest BCUT2D eigenvalue weighted by atomic mass is 16.3. The fourth-order valence-electron chi connectivity index (χ4n) is 2.36. The van der Waals surface area contributed by atoms with Crippen molar-refractivity contribution >= 4 is 11.0 Å². The summed E-state index contributed by atoms with van der Waals surface area (Å²) in [5.74, 6) is 1.52. The Bertz CT molecular complexity index is 489. The Kier molecular flexibility index (Phi) is 1.99. The van der Waals surface area contributed by atoms with E-state index in [4.69, 9.17) is 5.11 Å². The van der Waals surface area contributed by atoms with Gasteiger partial charge < -0.3 is 9.67 Å². The van der Waals surface area contributed by atoms with E-state index in [0.29, 0.717) is 5.92 Å². The molecule has 1 N–H and O–H groups in total. The SMILES string of the molecule is OC[C@H]1CCn2c(nc3ccccc32)C1. The number of rotatable bonds is 1. The van der Waals surface area contributed by atoms with Crippen LogP contribution in [0.3, 0.4) is 0 Å². The van der Waals surface area contributed by atoms with Gasteiger partial charge in [-0.15, -0.1) is 0 Å². The van der Waals surface area contributed by atoms with Gasteiger partial charge in [0.15, 0.2) is 0 Å². The van der Waals surface area contributed by atoms with E-state index in [1.54, 1.807) is 0 Å². The minimum atomic E-state index is 0.281. The van der Waals surface area contributed by atoms with Gasteiger partial charge in [0.25, 0.3) is 0 Å². The summed E-state index contributed by atoms with van der Waals surface area (Å²) >= 11 is 0. The summed E-state index contributed by atoms with van der Waals surface area (Å²) in [7, 11) is 0. The van der Waals surface area contributed by atoms with E-state index < -0.39 is 0 Å². The highest BCUT2D eigenvalue weighted by Gasteiger charge is 2.20. The molecule has 0 unspecified atom stereocenters. The minimum Gasteiger partial charge on any atom is -0.396 e. The molecular formula is C12H14N2O. The van der Waals surface area contributed by atoms with Crippen LogP contribution < -0.4 is 0 Å². The van der Waals surface area contributed by atoms with Crippen LogP contribution in [0, 0.1) is 5.92 Å². The lowest BCUT2D eigenvalue weighted by Gasteiger charge is -2.21. The van der Waals surface area contributed by atoms with Gasteiger partial charge in [0.2, 0.25) is 0 Å². The molecule has 3 heteroatoms. The fourth-order valence-corrected chi connectivity index (χ4v) is 2.36. The Balaban J connectivity index is 2.12. The number of aromatic nitrogens is 2. The lowest BCUT2D eigenvalue weighted by molar-refractivity contribution is 0.200. The topological polar surface area (TPSA) is 38.0 Å². The molecule has 1 aromatic heterocycles. The van der Waals surface area contributed by atoms with Crippen LogP contribution in [0.25, 0.3) is 11.0 Å². The van der Waals surface area contributed by atoms with Gasteiger partial charge in [-0.1, -0.05) is 12.1 Å². The van der Waals surface area contributed by atoms with Crippen LogP contribution in [0.15, 0.2) is 24.3 Å². The molecule has 1 aliphatic heterocycles. The van der Waals surface area contributed by atoms with E-state index in [1.165, 1.54) is 5.52 Å². The number of aliphatic hydroxyl groups excluding tert-OH is 1. The number of para-hydroxylation sites is 2. The van der Waals surface area contributed by atoms with Crippen molar-refractivity contribution in [1.29, 1.82) is 0 Å². The summed E-state index contributed by atoms with van der Waals surface area (Å²) in [5.41, 5.74) is 2.30. The third-order valence-electron chi connectivity index (χ3n) is 3.22. The second-order valence-electron chi connectivity index (χ2n) is 4.21. The molecule has 0 radical (unpaired) electrons. The zero-order valence-electron chi connectivity index (χ0n) is 8.56. The average Bonchev–Trinajstić information content (AvgIpc) is 2.66. The third kappa shape index (κ3) is 1.35. The van der Waals surface area contributed by atoms with Crippen LogP contribution in [0.4, 0.5) is 0 Å². The molecule has 0 aliphatic carbocycles. The lowest BCUT2D eigenvalue weighted by Crippen LogP contribution is -2.21. The quantitative estimate of drug-likeness (QED) is 0.762. The van der Waals surface area contributed by atoms with E-state index in [1.807, 2.05) is 6.07 Å². The molecule has 1 atom stereocenters. The normalized spacial score (nSPS) is 20.5. The van der Waals surface area contributed by atoms with E-state index in [-0.39, 0.29) is 6.61 Å². The Morgan fingerprint density at radius 1 is 1.40 bits per heavy atom. The van der Waals surface area contributed by atoms with Crippen LogP contribution in [-0.4, -0.2) is 21.3 Å². The van der Waals surface area contributed by atoms with Crippen LogP contribution in [0.1, 0.15) is 12.2 Å². The maximum absolute atomic E-state index is 9.15. The molecule has 0 spiro atoms. The second-order valence-corrected chi connectivity index (χ2v) is 4.21. The first-order valence-corrected chi connectivity index (χ1v) is 5.43. The number of aliphatic hydroxyl groups is 1. The molecule has 0 bridgehead atoms. The van der Waals surface area contributed by atoms with Gasteiger partial charge >= 0.3 is 0 Å². The molecule has 0 amide bonds. The van der Waals surface area contributed by atoms with E-state index in [0.717, 1.165) is 30.7 Å². The number of fused-ring (bicyclic) bond motifs is 3. The molecule has 2 heterocycles. The molecule has 3 rings (SSSR count).